The van der Waals surface area contributed by atoms with Crippen molar-refractivity contribution < 1.29 is 9.47 Å². The third-order valence-electron chi connectivity index (χ3n) is 6.48. The number of unbranched alkanes of at least 4 members (excludes halogenated alkanes) is 2. The lowest BCUT2D eigenvalue weighted by Gasteiger charge is -2.26. The van der Waals surface area contributed by atoms with Crippen molar-refractivity contribution in [2.24, 2.45) is 0 Å². The number of ether oxygens (including phenoxy) is 2. The quantitative estimate of drug-likeness (QED) is 0.418. The minimum Gasteiger partial charge on any atom is -0.497 e. The molecule has 0 unspecified atom stereocenters. The van der Waals surface area contributed by atoms with Crippen molar-refractivity contribution in [1.82, 2.24) is 24.5 Å². The molecule has 34 heavy (non-hydrogen) atoms. The van der Waals surface area contributed by atoms with Crippen LogP contribution in [-0.2, 0) is 11.2 Å². The first kappa shape index (κ1) is 24.4. The highest BCUT2D eigenvalue weighted by molar-refractivity contribution is 5.52. The lowest BCUT2D eigenvalue weighted by atomic mass is 10.1. The van der Waals surface area contributed by atoms with Crippen molar-refractivity contribution in [3.63, 3.8) is 0 Å². The maximum Gasteiger partial charge on any atom is 0.228 e. The summed E-state index contributed by atoms with van der Waals surface area (Å²) in [4.78, 5) is 12.3. The summed E-state index contributed by atoms with van der Waals surface area (Å²) in [5.41, 5.74) is 3.17. The molecule has 1 N–H and O–H groups in total. The third-order valence-corrected chi connectivity index (χ3v) is 6.48. The second-order valence-corrected chi connectivity index (χ2v) is 9.36. The Labute approximate surface area is 202 Å². The molecule has 0 amide bonds. The number of hydrogen-bond donors (Lipinski definition) is 1. The predicted octanol–water partition coefficient (Wildman–Crippen LogP) is 4.47. The first-order valence-corrected chi connectivity index (χ1v) is 12.5. The molecule has 0 radical (unpaired) electrons. The van der Waals surface area contributed by atoms with Gasteiger partial charge < -0.3 is 14.8 Å². The van der Waals surface area contributed by atoms with E-state index >= 15 is 0 Å². The molecule has 3 aromatic rings. The van der Waals surface area contributed by atoms with E-state index in [1.165, 1.54) is 12.8 Å². The van der Waals surface area contributed by atoms with Crippen LogP contribution in [0.2, 0.25) is 0 Å². The van der Waals surface area contributed by atoms with Gasteiger partial charge in [0.1, 0.15) is 11.6 Å². The van der Waals surface area contributed by atoms with Crippen LogP contribution in [0.4, 0.5) is 5.95 Å². The van der Waals surface area contributed by atoms with E-state index in [9.17, 15) is 0 Å². The van der Waals surface area contributed by atoms with E-state index in [4.69, 9.17) is 19.4 Å². The molecule has 8 nitrogen and oxygen atoms in total. The van der Waals surface area contributed by atoms with Crippen LogP contribution < -0.4 is 10.1 Å². The number of fused-ring (bicyclic) bond motifs is 1. The number of aryl methyl sites for hydroxylation is 1. The number of anilines is 1. The van der Waals surface area contributed by atoms with E-state index in [2.05, 4.69) is 42.2 Å². The molecule has 1 atom stereocenters. The van der Waals surface area contributed by atoms with Gasteiger partial charge in [-0.05, 0) is 49.9 Å². The Kier molecular flexibility index (Phi) is 8.34. The van der Waals surface area contributed by atoms with Gasteiger partial charge in [-0.1, -0.05) is 32.4 Å². The molecule has 1 fully saturated rings. The molecule has 0 saturated carbocycles. The second kappa shape index (κ2) is 11.6. The summed E-state index contributed by atoms with van der Waals surface area (Å²) in [7, 11) is 1.69. The number of benzene rings is 1. The molecule has 0 spiro atoms. The first-order chi connectivity index (χ1) is 16.5. The molecule has 3 heterocycles. The van der Waals surface area contributed by atoms with E-state index in [1.807, 2.05) is 28.9 Å². The zero-order chi connectivity index (χ0) is 23.9. The van der Waals surface area contributed by atoms with E-state index in [0.29, 0.717) is 5.92 Å². The van der Waals surface area contributed by atoms with Gasteiger partial charge >= 0.3 is 0 Å². The second-order valence-electron chi connectivity index (χ2n) is 9.36. The topological polar surface area (TPSA) is 76.8 Å². The average Bonchev–Trinajstić information content (AvgIpc) is 3.29. The molecule has 1 aliphatic heterocycles. The van der Waals surface area contributed by atoms with Crippen LogP contribution in [0.1, 0.15) is 68.9 Å². The summed E-state index contributed by atoms with van der Waals surface area (Å²) in [5.74, 6) is 2.80. The van der Waals surface area contributed by atoms with Crippen LogP contribution in [0.25, 0.3) is 5.65 Å². The lowest BCUT2D eigenvalue weighted by molar-refractivity contribution is 0.0371. The molecule has 1 aliphatic rings. The van der Waals surface area contributed by atoms with Gasteiger partial charge in [-0.3, -0.25) is 4.90 Å². The zero-order valence-corrected chi connectivity index (χ0v) is 21.0. The Hall–Kier alpha value is -2.71. The standard InChI is InChI=1S/C26H38N6O2/c1-19(2)23-18-27-32-25(23)29-24(11-6-5-7-12-31-13-15-34-16-14-31)30-26(32)28-20(3)21-9-8-10-22(17-21)33-4/h8-10,17-20H,5-7,11-16H2,1-4H3,(H,28,29,30)/t20-/m0/s1. The van der Waals surface area contributed by atoms with Gasteiger partial charge in [-0.15, -0.1) is 0 Å². The van der Waals surface area contributed by atoms with Gasteiger partial charge in [-0.25, -0.2) is 4.98 Å². The Balaban J connectivity index is 1.46. The number of methoxy groups -OCH3 is 1. The van der Waals surface area contributed by atoms with Crippen LogP contribution >= 0.6 is 0 Å². The summed E-state index contributed by atoms with van der Waals surface area (Å²) in [6, 6.07) is 8.15. The van der Waals surface area contributed by atoms with E-state index < -0.39 is 0 Å². The molecule has 1 aromatic carbocycles. The van der Waals surface area contributed by atoms with E-state index in [1.54, 1.807) is 7.11 Å². The molecular weight excluding hydrogens is 428 g/mol. The van der Waals surface area contributed by atoms with Crippen molar-refractivity contribution in [3.8, 4) is 5.75 Å². The van der Waals surface area contributed by atoms with Gasteiger partial charge in [-0.2, -0.15) is 14.6 Å². The normalized spacial score (nSPS) is 15.7. The van der Waals surface area contributed by atoms with Crippen molar-refractivity contribution >= 4 is 11.6 Å². The van der Waals surface area contributed by atoms with E-state index in [-0.39, 0.29) is 6.04 Å². The van der Waals surface area contributed by atoms with Crippen molar-refractivity contribution in [2.75, 3.05) is 45.3 Å². The SMILES string of the molecule is COc1cccc([C@H](C)Nc2nc(CCCCCN3CCOCC3)nc3c(C(C)C)cnn23)c1. The molecule has 184 valence electrons. The van der Waals surface area contributed by atoms with Crippen LogP contribution in [0, 0.1) is 0 Å². The van der Waals surface area contributed by atoms with Crippen molar-refractivity contribution in [1.29, 1.82) is 0 Å². The smallest absolute Gasteiger partial charge is 0.228 e. The maximum atomic E-state index is 5.44. The van der Waals surface area contributed by atoms with Gasteiger partial charge in [0, 0.05) is 25.1 Å². The Morgan fingerprint density at radius 1 is 1.09 bits per heavy atom. The van der Waals surface area contributed by atoms with Gasteiger partial charge in [0.2, 0.25) is 5.95 Å². The number of nitrogens with zero attached hydrogens (tertiary/aromatic N) is 5. The number of morpholine rings is 1. The lowest BCUT2D eigenvalue weighted by Crippen LogP contribution is -2.36. The minimum atomic E-state index is 0.0428. The highest BCUT2D eigenvalue weighted by Gasteiger charge is 2.17. The first-order valence-electron chi connectivity index (χ1n) is 12.5. The largest absolute Gasteiger partial charge is 0.497 e. The Bertz CT molecular complexity index is 1060. The van der Waals surface area contributed by atoms with Crippen LogP contribution in [-0.4, -0.2) is 64.4 Å². The van der Waals surface area contributed by atoms with Gasteiger partial charge in [0.15, 0.2) is 5.65 Å². The molecule has 8 heteroatoms. The van der Waals surface area contributed by atoms with Crippen LogP contribution in [0.15, 0.2) is 30.5 Å². The fraction of sp³-hybridized carbons (Fsp3) is 0.577. The summed E-state index contributed by atoms with van der Waals surface area (Å²) in [6.07, 6.45) is 6.23. The molecule has 4 rings (SSSR count). The monoisotopic (exact) mass is 466 g/mol. The van der Waals surface area contributed by atoms with Gasteiger partial charge in [0.25, 0.3) is 0 Å². The van der Waals surface area contributed by atoms with E-state index in [0.717, 1.165) is 80.0 Å². The number of hydrogen-bond acceptors (Lipinski definition) is 7. The molecule has 1 saturated heterocycles. The molecule has 2 aromatic heterocycles. The fourth-order valence-electron chi connectivity index (χ4n) is 4.36. The third kappa shape index (κ3) is 6.04. The number of rotatable bonds is 11. The predicted molar refractivity (Wildman–Crippen MR) is 135 cm³/mol. The Morgan fingerprint density at radius 2 is 1.91 bits per heavy atom. The molecule has 0 bridgehead atoms. The van der Waals surface area contributed by atoms with Gasteiger partial charge in [0.05, 0.1) is 32.6 Å². The summed E-state index contributed by atoms with van der Waals surface area (Å²) in [5, 5.41) is 8.18. The minimum absolute atomic E-state index is 0.0428. The molecule has 0 aliphatic carbocycles. The summed E-state index contributed by atoms with van der Waals surface area (Å²) < 4.78 is 12.7. The zero-order valence-electron chi connectivity index (χ0n) is 21.0. The Morgan fingerprint density at radius 3 is 2.68 bits per heavy atom. The van der Waals surface area contributed by atoms with Crippen molar-refractivity contribution in [2.45, 2.75) is 58.4 Å². The highest BCUT2D eigenvalue weighted by atomic mass is 16.5. The average molecular weight is 467 g/mol. The molecular formula is C26H38N6O2. The summed E-state index contributed by atoms with van der Waals surface area (Å²) in [6.45, 7) is 11.5. The number of nitrogens with one attached hydrogen (secondary N) is 1. The summed E-state index contributed by atoms with van der Waals surface area (Å²) >= 11 is 0. The van der Waals surface area contributed by atoms with Crippen molar-refractivity contribution in [3.05, 3.63) is 47.4 Å². The van der Waals surface area contributed by atoms with Crippen LogP contribution in [0.5, 0.6) is 5.75 Å². The van der Waals surface area contributed by atoms with Crippen LogP contribution in [0.3, 0.4) is 0 Å². The fourth-order valence-corrected chi connectivity index (χ4v) is 4.36. The number of aromatic nitrogens is 4. The highest BCUT2D eigenvalue weighted by Crippen LogP contribution is 2.25. The maximum absolute atomic E-state index is 5.44.